The molecule has 1 nitrogen and oxygen atoms in total. The average Bonchev–Trinajstić information content (AvgIpc) is 2.31. The fourth-order valence-corrected chi connectivity index (χ4v) is 4.94. The van der Waals surface area contributed by atoms with Crippen LogP contribution in [0.15, 0.2) is 11.4 Å². The summed E-state index contributed by atoms with van der Waals surface area (Å²) in [7, 11) is -0.275. The van der Waals surface area contributed by atoms with Gasteiger partial charge in [-0.1, -0.05) is 20.8 Å². The Kier molecular flexibility index (Phi) is 2.71. The Hall–Kier alpha value is -0.593. The fraction of sp³-hybridized carbons (Fsp3) is 0.444. The molecular weight excluding hydrogens is 182 g/mol. The van der Waals surface area contributed by atoms with Crippen LogP contribution in [0, 0.1) is 11.3 Å². The van der Waals surface area contributed by atoms with Crippen LogP contribution >= 0.6 is 11.3 Å². The molecule has 0 aliphatic heterocycles. The molecule has 12 heavy (non-hydrogen) atoms. The maximum atomic E-state index is 8.78. The first-order valence-corrected chi connectivity index (χ1v) is 6.29. The molecule has 0 N–H and O–H groups in total. The largest absolute Gasteiger partial charge is 0.192 e. The second-order valence-corrected chi connectivity index (χ2v) is 8.80. The van der Waals surface area contributed by atoms with Crippen LogP contribution in [0.4, 0.5) is 0 Å². The van der Waals surface area contributed by atoms with Crippen LogP contribution in [0.5, 0.6) is 0 Å². The van der Waals surface area contributed by atoms with Crippen molar-refractivity contribution >= 4 is 25.4 Å². The molecule has 0 saturated heterocycles. The minimum atomic E-state index is -0.275. The van der Waals surface area contributed by atoms with Gasteiger partial charge in [0.1, 0.15) is 0 Å². The summed E-state index contributed by atoms with van der Waals surface area (Å²) < 4.78 is 1.35. The second kappa shape index (κ2) is 3.42. The summed E-state index contributed by atoms with van der Waals surface area (Å²) >= 11 is 1.74. The van der Waals surface area contributed by atoms with Crippen molar-refractivity contribution in [1.29, 1.82) is 5.26 Å². The molecule has 64 valence electrons. The highest BCUT2D eigenvalue weighted by Gasteiger charge is 2.15. The third kappa shape index (κ3) is 2.47. The molecule has 1 aromatic heterocycles. The van der Waals surface area contributed by atoms with E-state index in [4.69, 9.17) is 5.26 Å². The van der Waals surface area contributed by atoms with Crippen molar-refractivity contribution in [2.45, 2.75) is 25.8 Å². The van der Waals surface area contributed by atoms with Crippen molar-refractivity contribution in [2.24, 2.45) is 0 Å². The predicted octanol–water partition coefficient (Wildman–Crippen LogP) is 1.63. The zero-order valence-corrected chi connectivity index (χ0v) is 9.95. The number of nitriles is 1. The van der Waals surface area contributed by atoms with Crippen LogP contribution in [0.2, 0.25) is 5.04 Å². The average molecular weight is 195 g/mol. The van der Waals surface area contributed by atoms with Gasteiger partial charge in [-0.05, 0) is 16.5 Å². The van der Waals surface area contributed by atoms with Gasteiger partial charge in [-0.2, -0.15) is 16.6 Å². The first-order valence-electron chi connectivity index (χ1n) is 3.99. The normalized spacial score (nSPS) is 12.2. The molecule has 0 bridgehead atoms. The van der Waals surface area contributed by atoms with E-state index in [-0.39, 0.29) is 9.52 Å². The Morgan fingerprint density at radius 1 is 1.50 bits per heavy atom. The summed E-state index contributed by atoms with van der Waals surface area (Å²) in [5.41, 5.74) is 0.904. The monoisotopic (exact) mass is 195 g/mol. The van der Waals surface area contributed by atoms with Gasteiger partial charge in [0.15, 0.2) is 0 Å². The zero-order valence-electron chi connectivity index (χ0n) is 7.72. The number of hydrogen-bond donors (Lipinski definition) is 0. The summed E-state index contributed by atoms with van der Waals surface area (Å²) in [6.07, 6.45) is 0. The molecule has 0 saturated carbocycles. The van der Waals surface area contributed by atoms with Gasteiger partial charge < -0.3 is 0 Å². The van der Waals surface area contributed by atoms with Crippen LogP contribution in [-0.2, 0) is 0 Å². The SMILES string of the molecule is CC(C)(C)[SiH2]c1sccc1C#N. The lowest BCUT2D eigenvalue weighted by Gasteiger charge is -2.15. The van der Waals surface area contributed by atoms with Crippen molar-refractivity contribution in [2.75, 3.05) is 0 Å². The highest BCUT2D eigenvalue weighted by atomic mass is 32.1. The fourth-order valence-electron chi connectivity index (χ4n) is 1.06. The molecule has 1 rings (SSSR count). The molecule has 0 unspecified atom stereocenters. The quantitative estimate of drug-likeness (QED) is 0.625. The maximum absolute atomic E-state index is 8.78. The predicted molar refractivity (Wildman–Crippen MR) is 56.9 cm³/mol. The lowest BCUT2D eigenvalue weighted by molar-refractivity contribution is 0.760. The molecule has 0 aliphatic rings. The van der Waals surface area contributed by atoms with E-state index in [9.17, 15) is 0 Å². The van der Waals surface area contributed by atoms with Gasteiger partial charge in [0.2, 0.25) is 0 Å². The number of nitrogens with zero attached hydrogens (tertiary/aromatic N) is 1. The molecule has 0 radical (unpaired) electrons. The first-order chi connectivity index (χ1) is 5.53. The van der Waals surface area contributed by atoms with E-state index in [0.717, 1.165) is 5.56 Å². The van der Waals surface area contributed by atoms with E-state index in [2.05, 4.69) is 26.8 Å². The minimum absolute atomic E-state index is 0.275. The lowest BCUT2D eigenvalue weighted by atomic mass is 10.2. The van der Waals surface area contributed by atoms with Crippen LogP contribution in [0.25, 0.3) is 0 Å². The van der Waals surface area contributed by atoms with Gasteiger partial charge in [0.25, 0.3) is 0 Å². The third-order valence-electron chi connectivity index (χ3n) is 1.56. The van der Waals surface area contributed by atoms with Crippen molar-refractivity contribution in [1.82, 2.24) is 0 Å². The smallest absolute Gasteiger partial charge is 0.0998 e. The van der Waals surface area contributed by atoms with Gasteiger partial charge in [-0.15, -0.1) is 0 Å². The number of hydrogen-bond acceptors (Lipinski definition) is 2. The summed E-state index contributed by atoms with van der Waals surface area (Å²) in [6.45, 7) is 6.75. The summed E-state index contributed by atoms with van der Waals surface area (Å²) in [5.74, 6) is 0. The van der Waals surface area contributed by atoms with Gasteiger partial charge in [0, 0.05) is 4.50 Å². The summed E-state index contributed by atoms with van der Waals surface area (Å²) in [6, 6.07) is 4.17. The van der Waals surface area contributed by atoms with Crippen LogP contribution in [-0.4, -0.2) is 9.52 Å². The van der Waals surface area contributed by atoms with E-state index in [1.165, 1.54) is 4.50 Å². The van der Waals surface area contributed by atoms with Crippen molar-refractivity contribution in [3.05, 3.63) is 17.0 Å². The Labute approximate surface area is 79.9 Å². The maximum Gasteiger partial charge on any atom is 0.0998 e. The van der Waals surface area contributed by atoms with Gasteiger partial charge in [-0.25, -0.2) is 0 Å². The van der Waals surface area contributed by atoms with Crippen LogP contribution in [0.1, 0.15) is 26.3 Å². The molecule has 0 amide bonds. The molecule has 0 atom stereocenters. The van der Waals surface area contributed by atoms with Gasteiger partial charge in [0.05, 0.1) is 21.2 Å². The minimum Gasteiger partial charge on any atom is -0.192 e. The van der Waals surface area contributed by atoms with E-state index in [1.54, 1.807) is 11.3 Å². The topological polar surface area (TPSA) is 23.8 Å². The second-order valence-electron chi connectivity index (χ2n) is 4.11. The molecule has 0 spiro atoms. The molecule has 0 fully saturated rings. The highest BCUT2D eigenvalue weighted by Crippen LogP contribution is 2.21. The van der Waals surface area contributed by atoms with Crippen molar-refractivity contribution < 1.29 is 0 Å². The van der Waals surface area contributed by atoms with Gasteiger partial charge in [-0.3, -0.25) is 0 Å². The van der Waals surface area contributed by atoms with E-state index in [0.29, 0.717) is 5.04 Å². The lowest BCUT2D eigenvalue weighted by Crippen LogP contribution is -2.22. The van der Waals surface area contributed by atoms with E-state index in [1.807, 2.05) is 11.4 Å². The summed E-state index contributed by atoms with van der Waals surface area (Å²) in [4.78, 5) is 0. The Morgan fingerprint density at radius 3 is 2.67 bits per heavy atom. The zero-order chi connectivity index (χ0) is 9.19. The molecule has 0 aromatic carbocycles. The van der Waals surface area contributed by atoms with Crippen LogP contribution < -0.4 is 4.50 Å². The Morgan fingerprint density at radius 2 is 2.17 bits per heavy atom. The third-order valence-corrected chi connectivity index (χ3v) is 5.03. The standard InChI is InChI=1S/C9H13NSSi/c1-9(2,3)12-8-7(6-10)4-5-11-8/h4-5H,12H2,1-3H3. The first kappa shape index (κ1) is 9.49. The Bertz CT molecular complexity index is 303. The van der Waals surface area contributed by atoms with E-state index < -0.39 is 0 Å². The molecule has 0 aliphatic carbocycles. The molecule has 1 aromatic rings. The molecular formula is C9H13NSSi. The molecule has 1 heterocycles. The van der Waals surface area contributed by atoms with Crippen molar-refractivity contribution in [3.8, 4) is 6.07 Å². The summed E-state index contributed by atoms with van der Waals surface area (Å²) in [5, 5.41) is 11.2. The Balaban J connectivity index is 2.84. The van der Waals surface area contributed by atoms with Crippen LogP contribution in [0.3, 0.4) is 0 Å². The molecule has 3 heteroatoms. The number of thiophene rings is 1. The number of rotatable bonds is 1. The van der Waals surface area contributed by atoms with E-state index >= 15 is 0 Å². The van der Waals surface area contributed by atoms with Crippen molar-refractivity contribution in [3.63, 3.8) is 0 Å². The van der Waals surface area contributed by atoms with Gasteiger partial charge >= 0.3 is 0 Å². The highest BCUT2D eigenvalue weighted by molar-refractivity contribution is 7.20.